The molecule has 9 nitrogen and oxygen atoms in total. The van der Waals surface area contributed by atoms with E-state index in [9.17, 15) is 0 Å². The Labute approximate surface area is 103 Å². The van der Waals surface area contributed by atoms with Gasteiger partial charge in [-0.2, -0.15) is 0 Å². The highest BCUT2D eigenvalue weighted by molar-refractivity contribution is 5.81. The van der Waals surface area contributed by atoms with Crippen LogP contribution in [0.1, 0.15) is 11.4 Å². The molecule has 18 heavy (non-hydrogen) atoms. The molecule has 0 amide bonds. The summed E-state index contributed by atoms with van der Waals surface area (Å²) in [5, 5.41) is 14.3. The number of nitrogens with zero attached hydrogens (tertiary/aromatic N) is 4. The molecule has 0 fully saturated rings. The zero-order chi connectivity index (χ0) is 13.4. The minimum atomic E-state index is -0.114. The standard InChI is InChI=1S/C9H13N9/c10-8(11)17-14-4-6-2-1-3-7(16-6)5-15-18-9(12)13/h1-5H,(H4,10,11,17)(H4,12,13,18)/p+1/b14-4+,15-5+. The molecule has 0 bridgehead atoms. The Morgan fingerprint density at radius 2 is 1.33 bits per heavy atom. The molecular weight excluding hydrogens is 234 g/mol. The van der Waals surface area contributed by atoms with Gasteiger partial charge < -0.3 is 22.9 Å². The van der Waals surface area contributed by atoms with Gasteiger partial charge >= 0.3 is 0 Å². The molecule has 0 radical (unpaired) electrons. The number of pyridine rings is 1. The molecule has 9 N–H and O–H groups in total. The zero-order valence-corrected chi connectivity index (χ0v) is 9.49. The third kappa shape index (κ3) is 5.21. The fraction of sp³-hybridized carbons (Fsp3) is 0. The van der Waals surface area contributed by atoms with Crippen LogP contribution in [-0.4, -0.2) is 24.3 Å². The lowest BCUT2D eigenvalue weighted by molar-refractivity contribution is -0.381. The van der Waals surface area contributed by atoms with E-state index in [1.54, 1.807) is 18.2 Å². The van der Waals surface area contributed by atoms with E-state index in [0.29, 0.717) is 11.4 Å². The summed E-state index contributed by atoms with van der Waals surface area (Å²) in [4.78, 5) is 2.99. The van der Waals surface area contributed by atoms with Crippen LogP contribution in [0, 0.1) is 0 Å². The summed E-state index contributed by atoms with van der Waals surface area (Å²) in [5.74, 6) is -0.228. The van der Waals surface area contributed by atoms with Gasteiger partial charge in [0.15, 0.2) is 0 Å². The Morgan fingerprint density at radius 3 is 1.72 bits per heavy atom. The van der Waals surface area contributed by atoms with Gasteiger partial charge in [-0.15, -0.1) is 20.4 Å². The second kappa shape index (κ2) is 6.58. The van der Waals surface area contributed by atoms with Gasteiger partial charge in [0, 0.05) is 12.1 Å². The Morgan fingerprint density at radius 1 is 0.889 bits per heavy atom. The summed E-state index contributed by atoms with van der Waals surface area (Å²) < 4.78 is 0. The molecule has 0 unspecified atom stereocenters. The molecule has 0 aliphatic carbocycles. The lowest BCUT2D eigenvalue weighted by atomic mass is 10.3. The van der Waals surface area contributed by atoms with Crippen molar-refractivity contribution in [3.8, 4) is 0 Å². The molecule has 1 aromatic heterocycles. The van der Waals surface area contributed by atoms with Gasteiger partial charge in [-0.3, -0.25) is 0 Å². The Kier molecular flexibility index (Phi) is 4.79. The van der Waals surface area contributed by atoms with Crippen LogP contribution in [0.4, 0.5) is 0 Å². The maximum absolute atomic E-state index is 5.12. The zero-order valence-electron chi connectivity index (χ0n) is 9.49. The van der Waals surface area contributed by atoms with E-state index >= 15 is 0 Å². The van der Waals surface area contributed by atoms with Crippen molar-refractivity contribution in [2.45, 2.75) is 0 Å². The third-order valence-corrected chi connectivity index (χ3v) is 1.58. The Hall–Kier alpha value is -2.97. The average Bonchev–Trinajstić information content (AvgIpc) is 2.28. The smallest absolute Gasteiger partial charge is 0.224 e. The van der Waals surface area contributed by atoms with Crippen LogP contribution < -0.4 is 27.9 Å². The SMILES string of the molecule is NC(N)=N/N=C/c1cccc(/C=N/N=C(N)N)[nH+]1. The van der Waals surface area contributed by atoms with Crippen LogP contribution >= 0.6 is 0 Å². The van der Waals surface area contributed by atoms with Crippen molar-refractivity contribution < 1.29 is 4.98 Å². The summed E-state index contributed by atoms with van der Waals surface area (Å²) in [6.45, 7) is 0. The number of aromatic amines is 1. The molecule has 1 aromatic rings. The van der Waals surface area contributed by atoms with Crippen LogP contribution in [-0.2, 0) is 0 Å². The number of aromatic nitrogens is 1. The Balaban J connectivity index is 2.80. The van der Waals surface area contributed by atoms with Gasteiger partial charge in [-0.25, -0.2) is 4.98 Å². The summed E-state index contributed by atoms with van der Waals surface area (Å²) in [5.41, 5.74) is 21.9. The lowest BCUT2D eigenvalue weighted by Gasteiger charge is -1.87. The maximum atomic E-state index is 5.12. The largest absolute Gasteiger partial charge is 0.369 e. The van der Waals surface area contributed by atoms with Crippen LogP contribution in [0.5, 0.6) is 0 Å². The van der Waals surface area contributed by atoms with Crippen LogP contribution in [0.3, 0.4) is 0 Å². The van der Waals surface area contributed by atoms with Crippen LogP contribution in [0.2, 0.25) is 0 Å². The van der Waals surface area contributed by atoms with Crippen molar-refractivity contribution in [3.63, 3.8) is 0 Å². The number of rotatable bonds is 4. The number of H-pyrrole nitrogens is 1. The molecular formula is C9H14N9+. The normalized spacial score (nSPS) is 10.7. The highest BCUT2D eigenvalue weighted by Gasteiger charge is 2.00. The number of hydrogen-bond acceptors (Lipinski definition) is 4. The second-order valence-corrected chi connectivity index (χ2v) is 3.10. The highest BCUT2D eigenvalue weighted by Crippen LogP contribution is 1.89. The predicted molar refractivity (Wildman–Crippen MR) is 69.8 cm³/mol. The highest BCUT2D eigenvalue weighted by atomic mass is 15.3. The predicted octanol–water partition coefficient (Wildman–Crippen LogP) is -2.28. The van der Waals surface area contributed by atoms with Gasteiger partial charge in [-0.1, -0.05) is 0 Å². The topological polar surface area (TPSA) is 168 Å². The van der Waals surface area contributed by atoms with Crippen LogP contribution in [0.25, 0.3) is 0 Å². The fourth-order valence-corrected chi connectivity index (χ4v) is 0.972. The number of nitrogens with one attached hydrogen (secondary N) is 1. The molecule has 0 aliphatic rings. The quantitative estimate of drug-likeness (QED) is 0.267. The molecule has 0 aliphatic heterocycles. The second-order valence-electron chi connectivity index (χ2n) is 3.10. The third-order valence-electron chi connectivity index (χ3n) is 1.58. The van der Waals surface area contributed by atoms with Crippen molar-refractivity contribution in [1.29, 1.82) is 0 Å². The maximum Gasteiger partial charge on any atom is 0.224 e. The minimum absolute atomic E-state index is 0.114. The molecule has 0 spiro atoms. The fourth-order valence-electron chi connectivity index (χ4n) is 0.972. The number of hydrogen-bond donors (Lipinski definition) is 4. The van der Waals surface area contributed by atoms with E-state index in [1.807, 2.05) is 0 Å². The molecule has 0 saturated carbocycles. The summed E-state index contributed by atoms with van der Waals surface area (Å²) in [6, 6.07) is 5.36. The first-order chi connectivity index (χ1) is 8.58. The molecule has 9 heteroatoms. The van der Waals surface area contributed by atoms with Crippen molar-refractivity contribution in [2.24, 2.45) is 43.3 Å². The van der Waals surface area contributed by atoms with Gasteiger partial charge in [0.05, 0.1) is 0 Å². The van der Waals surface area contributed by atoms with Crippen molar-refractivity contribution in [2.75, 3.05) is 0 Å². The molecule has 0 aromatic carbocycles. The first-order valence-electron chi connectivity index (χ1n) is 4.84. The molecule has 1 heterocycles. The molecule has 0 saturated heterocycles. The van der Waals surface area contributed by atoms with Crippen molar-refractivity contribution in [1.82, 2.24) is 0 Å². The van der Waals surface area contributed by atoms with Crippen molar-refractivity contribution >= 4 is 24.3 Å². The number of guanidine groups is 2. The van der Waals surface area contributed by atoms with Crippen molar-refractivity contribution in [3.05, 3.63) is 29.6 Å². The molecule has 94 valence electrons. The van der Waals surface area contributed by atoms with Gasteiger partial charge in [0.25, 0.3) is 0 Å². The summed E-state index contributed by atoms with van der Waals surface area (Å²) >= 11 is 0. The first kappa shape index (κ1) is 13.1. The van der Waals surface area contributed by atoms with E-state index in [1.165, 1.54) is 12.4 Å². The minimum Gasteiger partial charge on any atom is -0.369 e. The summed E-state index contributed by atoms with van der Waals surface area (Å²) in [6.07, 6.45) is 2.91. The van der Waals surface area contributed by atoms with Gasteiger partial charge in [0.1, 0.15) is 12.4 Å². The van der Waals surface area contributed by atoms with Gasteiger partial charge in [0.2, 0.25) is 23.3 Å². The van der Waals surface area contributed by atoms with E-state index in [-0.39, 0.29) is 11.9 Å². The Bertz CT molecular complexity index is 463. The van der Waals surface area contributed by atoms with Gasteiger partial charge in [-0.05, 0) is 6.07 Å². The molecule has 1 rings (SSSR count). The van der Waals surface area contributed by atoms with E-state index in [4.69, 9.17) is 22.9 Å². The van der Waals surface area contributed by atoms with Crippen LogP contribution in [0.15, 0.2) is 38.6 Å². The van der Waals surface area contributed by atoms with E-state index in [0.717, 1.165) is 0 Å². The molecule has 0 atom stereocenters. The van der Waals surface area contributed by atoms with E-state index in [2.05, 4.69) is 25.4 Å². The first-order valence-corrected chi connectivity index (χ1v) is 4.84. The van der Waals surface area contributed by atoms with E-state index < -0.39 is 0 Å². The monoisotopic (exact) mass is 248 g/mol. The average molecular weight is 248 g/mol. The lowest BCUT2D eigenvalue weighted by Crippen LogP contribution is -2.22. The summed E-state index contributed by atoms with van der Waals surface area (Å²) in [7, 11) is 0. The number of nitrogens with two attached hydrogens (primary N) is 4.